The molecule has 1 saturated carbocycles. The monoisotopic (exact) mass is 433 g/mol. The highest BCUT2D eigenvalue weighted by Gasteiger charge is 2.11. The zero-order valence-electron chi connectivity index (χ0n) is 18.4. The van der Waals surface area contributed by atoms with E-state index in [9.17, 15) is 4.39 Å². The van der Waals surface area contributed by atoms with Crippen molar-refractivity contribution in [1.29, 1.82) is 0 Å². The summed E-state index contributed by atoms with van der Waals surface area (Å²) in [5.41, 5.74) is 10.8. The molecule has 0 bridgehead atoms. The summed E-state index contributed by atoms with van der Waals surface area (Å²) in [7, 11) is 3.76. The lowest BCUT2D eigenvalue weighted by Crippen LogP contribution is -2.04. The van der Waals surface area contributed by atoms with Crippen LogP contribution < -0.4 is 5.73 Å². The fourth-order valence-electron chi connectivity index (χ4n) is 3.78. The van der Waals surface area contributed by atoms with Gasteiger partial charge in [0.2, 0.25) is 0 Å². The molecule has 1 aromatic carbocycles. The van der Waals surface area contributed by atoms with Crippen molar-refractivity contribution in [3.8, 4) is 33.6 Å². The SMILES string of the molecule is Cn1cc(-c2cccc(-c3ncc(-c4cnn(C)c4)c(N)n3)c2)cn1.FC1CCCCC1. The zero-order chi connectivity index (χ0) is 22.5. The summed E-state index contributed by atoms with van der Waals surface area (Å²) in [6.45, 7) is 0. The second-order valence-electron chi connectivity index (χ2n) is 8.11. The molecule has 0 unspecified atom stereocenters. The molecule has 0 radical (unpaired) electrons. The van der Waals surface area contributed by atoms with Crippen molar-refractivity contribution in [3.05, 3.63) is 55.2 Å². The normalized spacial score (nSPS) is 14.1. The van der Waals surface area contributed by atoms with Crippen LogP contribution >= 0.6 is 0 Å². The Morgan fingerprint density at radius 2 is 1.53 bits per heavy atom. The van der Waals surface area contributed by atoms with Crippen LogP contribution in [-0.4, -0.2) is 35.7 Å². The van der Waals surface area contributed by atoms with Crippen molar-refractivity contribution in [2.45, 2.75) is 38.3 Å². The maximum atomic E-state index is 12.2. The van der Waals surface area contributed by atoms with E-state index in [0.717, 1.165) is 53.5 Å². The van der Waals surface area contributed by atoms with E-state index in [0.29, 0.717) is 11.6 Å². The summed E-state index contributed by atoms with van der Waals surface area (Å²) < 4.78 is 15.7. The fourth-order valence-corrected chi connectivity index (χ4v) is 3.78. The molecule has 1 aliphatic rings. The molecule has 0 saturated heterocycles. The standard InChI is InChI=1S/C18H17N7.C6H11F/c1-24-10-14(7-21-24)12-4-3-5-13(6-12)18-20-9-16(17(19)23-18)15-8-22-25(2)11-15;7-6-4-2-1-3-5-6/h3-11H,1-2H3,(H2,19,20,23);6H,1-5H2. The molecule has 32 heavy (non-hydrogen) atoms. The van der Waals surface area contributed by atoms with E-state index in [1.807, 2.05) is 57.0 Å². The summed E-state index contributed by atoms with van der Waals surface area (Å²) in [5.74, 6) is 1.03. The van der Waals surface area contributed by atoms with Crippen LogP contribution in [0.15, 0.2) is 55.2 Å². The van der Waals surface area contributed by atoms with E-state index in [1.165, 1.54) is 6.42 Å². The predicted octanol–water partition coefficient (Wildman–Crippen LogP) is 4.82. The van der Waals surface area contributed by atoms with Gasteiger partial charge >= 0.3 is 0 Å². The largest absolute Gasteiger partial charge is 0.383 e. The number of nitrogens with two attached hydrogens (primary N) is 1. The Labute approximate surface area is 187 Å². The third kappa shape index (κ3) is 5.19. The Morgan fingerprint density at radius 3 is 2.09 bits per heavy atom. The lowest BCUT2D eigenvalue weighted by Gasteiger charge is -2.12. The van der Waals surface area contributed by atoms with Gasteiger partial charge in [-0.15, -0.1) is 0 Å². The number of anilines is 1. The van der Waals surface area contributed by atoms with Crippen molar-refractivity contribution < 1.29 is 4.39 Å². The van der Waals surface area contributed by atoms with Gasteiger partial charge in [-0.3, -0.25) is 9.36 Å². The molecule has 4 aromatic rings. The first-order valence-corrected chi connectivity index (χ1v) is 10.8. The lowest BCUT2D eigenvalue weighted by molar-refractivity contribution is 0.251. The number of nitrogen functional groups attached to an aromatic ring is 1. The molecule has 0 atom stereocenters. The summed E-state index contributed by atoms with van der Waals surface area (Å²) >= 11 is 0. The van der Waals surface area contributed by atoms with Gasteiger partial charge in [-0.1, -0.05) is 37.5 Å². The van der Waals surface area contributed by atoms with E-state index in [2.05, 4.69) is 20.2 Å². The summed E-state index contributed by atoms with van der Waals surface area (Å²) in [5, 5.41) is 8.37. The van der Waals surface area contributed by atoms with Crippen LogP contribution in [0.5, 0.6) is 0 Å². The lowest BCUT2D eigenvalue weighted by atomic mass is 9.99. The molecule has 2 N–H and O–H groups in total. The second kappa shape index (κ2) is 9.72. The topological polar surface area (TPSA) is 87.4 Å². The first kappa shape index (κ1) is 21.7. The van der Waals surface area contributed by atoms with E-state index in [1.54, 1.807) is 21.8 Å². The van der Waals surface area contributed by atoms with Gasteiger partial charge in [0.05, 0.1) is 12.4 Å². The zero-order valence-corrected chi connectivity index (χ0v) is 18.4. The molecule has 166 valence electrons. The number of benzene rings is 1. The first-order valence-electron chi connectivity index (χ1n) is 10.8. The minimum absolute atomic E-state index is 0.435. The first-order chi connectivity index (χ1) is 15.5. The van der Waals surface area contributed by atoms with Crippen molar-refractivity contribution >= 4 is 5.82 Å². The average molecular weight is 434 g/mol. The third-order valence-corrected chi connectivity index (χ3v) is 5.53. The molecule has 3 heterocycles. The van der Waals surface area contributed by atoms with E-state index in [-0.39, 0.29) is 0 Å². The number of aromatic nitrogens is 6. The average Bonchev–Trinajstić information content (AvgIpc) is 3.43. The third-order valence-electron chi connectivity index (χ3n) is 5.53. The van der Waals surface area contributed by atoms with Gasteiger partial charge in [0.25, 0.3) is 0 Å². The maximum absolute atomic E-state index is 12.2. The fraction of sp³-hybridized carbons (Fsp3) is 0.333. The molecule has 0 amide bonds. The van der Waals surface area contributed by atoms with Gasteiger partial charge in [0, 0.05) is 54.9 Å². The van der Waals surface area contributed by atoms with Crippen LogP contribution in [0.1, 0.15) is 32.1 Å². The number of rotatable bonds is 3. The van der Waals surface area contributed by atoms with Crippen LogP contribution in [0.25, 0.3) is 33.6 Å². The molecular weight excluding hydrogens is 405 g/mol. The molecule has 8 heteroatoms. The highest BCUT2D eigenvalue weighted by atomic mass is 19.1. The number of hydrogen-bond acceptors (Lipinski definition) is 5. The summed E-state index contributed by atoms with van der Waals surface area (Å²) in [4.78, 5) is 8.96. The molecule has 5 rings (SSSR count). The van der Waals surface area contributed by atoms with Gasteiger partial charge in [-0.2, -0.15) is 10.2 Å². The highest BCUT2D eigenvalue weighted by molar-refractivity contribution is 5.75. The van der Waals surface area contributed by atoms with Crippen LogP contribution in [0.3, 0.4) is 0 Å². The second-order valence-corrected chi connectivity index (χ2v) is 8.11. The quantitative estimate of drug-likeness (QED) is 0.501. The Morgan fingerprint density at radius 1 is 0.875 bits per heavy atom. The van der Waals surface area contributed by atoms with Gasteiger partial charge < -0.3 is 5.73 Å². The van der Waals surface area contributed by atoms with Crippen molar-refractivity contribution in [2.24, 2.45) is 14.1 Å². The maximum Gasteiger partial charge on any atom is 0.161 e. The van der Waals surface area contributed by atoms with Crippen molar-refractivity contribution in [3.63, 3.8) is 0 Å². The predicted molar refractivity (Wildman–Crippen MR) is 124 cm³/mol. The summed E-state index contributed by atoms with van der Waals surface area (Å²) in [6.07, 6.45) is 13.8. The Hall–Kier alpha value is -3.55. The molecule has 3 aromatic heterocycles. The van der Waals surface area contributed by atoms with Crippen LogP contribution in [-0.2, 0) is 14.1 Å². The Bertz CT molecular complexity index is 1170. The van der Waals surface area contributed by atoms with Crippen LogP contribution in [0, 0.1) is 0 Å². The minimum Gasteiger partial charge on any atom is -0.383 e. The number of halogens is 1. The molecular formula is C24H28FN7. The van der Waals surface area contributed by atoms with Gasteiger partial charge in [0.15, 0.2) is 5.82 Å². The Balaban J connectivity index is 0.000000300. The Kier molecular flexibility index (Phi) is 6.58. The number of aryl methyl sites for hydroxylation is 2. The molecule has 1 aliphatic carbocycles. The van der Waals surface area contributed by atoms with E-state index >= 15 is 0 Å². The smallest absolute Gasteiger partial charge is 0.161 e. The molecule has 0 aliphatic heterocycles. The molecule has 0 spiro atoms. The van der Waals surface area contributed by atoms with Gasteiger partial charge in [-0.25, -0.2) is 14.4 Å². The van der Waals surface area contributed by atoms with Gasteiger partial charge in [0.1, 0.15) is 12.0 Å². The highest BCUT2D eigenvalue weighted by Crippen LogP contribution is 2.28. The van der Waals surface area contributed by atoms with Crippen LogP contribution in [0.4, 0.5) is 10.2 Å². The molecule has 7 nitrogen and oxygen atoms in total. The summed E-state index contributed by atoms with van der Waals surface area (Å²) in [6, 6.07) is 8.02. The van der Waals surface area contributed by atoms with Gasteiger partial charge in [-0.05, 0) is 24.5 Å². The minimum atomic E-state index is -0.464. The van der Waals surface area contributed by atoms with Crippen molar-refractivity contribution in [2.75, 3.05) is 5.73 Å². The van der Waals surface area contributed by atoms with E-state index in [4.69, 9.17) is 5.73 Å². The number of hydrogen-bond donors (Lipinski definition) is 1. The number of alkyl halides is 1. The number of nitrogens with zero attached hydrogens (tertiary/aromatic N) is 6. The van der Waals surface area contributed by atoms with Crippen molar-refractivity contribution in [1.82, 2.24) is 29.5 Å². The van der Waals surface area contributed by atoms with Crippen LogP contribution in [0.2, 0.25) is 0 Å². The molecule has 1 fully saturated rings. The van der Waals surface area contributed by atoms with E-state index < -0.39 is 6.17 Å².